The minimum absolute atomic E-state index is 0.630. The molecule has 0 aromatic heterocycles. The zero-order valence-corrected chi connectivity index (χ0v) is 13.3. The Morgan fingerprint density at radius 3 is 2.38 bits per heavy atom. The highest BCUT2D eigenvalue weighted by Crippen LogP contribution is 2.27. The van der Waals surface area contributed by atoms with Gasteiger partial charge in [0.2, 0.25) is 0 Å². The van der Waals surface area contributed by atoms with Crippen LogP contribution in [-0.2, 0) is 11.3 Å². The summed E-state index contributed by atoms with van der Waals surface area (Å²) >= 11 is 1.79. The molecule has 1 N–H and O–H groups in total. The molecule has 0 heterocycles. The molecule has 0 aliphatic heterocycles. The van der Waals surface area contributed by atoms with E-state index in [0.29, 0.717) is 0 Å². The summed E-state index contributed by atoms with van der Waals surface area (Å²) in [4.78, 5) is 0. The Bertz CT molecular complexity index is 619. The third kappa shape index (κ3) is 3.66. The first-order chi connectivity index (χ1) is 10.2. The van der Waals surface area contributed by atoms with Gasteiger partial charge in [0.25, 0.3) is 0 Å². The molecule has 0 aliphatic rings. The number of hydrogen-bond donors (Lipinski definition) is 1. The Hall–Kier alpha value is -1.76. The van der Waals surface area contributed by atoms with E-state index in [2.05, 4.69) is 42.6 Å². The average Bonchev–Trinajstić information content (AvgIpc) is 2.54. The lowest BCUT2D eigenvalue weighted by atomic mass is 9.94. The topological polar surface area (TPSA) is 35.8 Å². The fourth-order valence-corrected chi connectivity index (χ4v) is 3.59. The highest BCUT2D eigenvalue weighted by molar-refractivity contribution is 7.98. The largest absolute Gasteiger partial charge is 0.298 e. The summed E-state index contributed by atoms with van der Waals surface area (Å²) < 4.78 is 0. The molecule has 2 rings (SSSR count). The van der Waals surface area contributed by atoms with E-state index in [4.69, 9.17) is 0 Å². The van der Waals surface area contributed by atoms with Crippen molar-refractivity contribution < 1.29 is 0 Å². The van der Waals surface area contributed by atoms with Crippen molar-refractivity contribution in [1.29, 1.82) is 5.26 Å². The van der Waals surface area contributed by atoms with E-state index in [1.165, 1.54) is 11.1 Å². The van der Waals surface area contributed by atoms with Gasteiger partial charge in [-0.1, -0.05) is 54.6 Å². The predicted octanol–water partition coefficient (Wildman–Crippen LogP) is 3.87. The number of hydrogen-bond acceptors (Lipinski definition) is 3. The molecule has 0 saturated carbocycles. The van der Waals surface area contributed by atoms with Gasteiger partial charge in [0.05, 0.1) is 6.07 Å². The van der Waals surface area contributed by atoms with Crippen molar-refractivity contribution in [2.24, 2.45) is 0 Å². The van der Waals surface area contributed by atoms with Gasteiger partial charge < -0.3 is 0 Å². The van der Waals surface area contributed by atoms with Crippen LogP contribution in [0.1, 0.15) is 16.7 Å². The van der Waals surface area contributed by atoms with Crippen LogP contribution in [-0.4, -0.2) is 12.8 Å². The van der Waals surface area contributed by atoms with E-state index >= 15 is 0 Å². The Morgan fingerprint density at radius 2 is 1.76 bits per heavy atom. The second-order valence-electron chi connectivity index (χ2n) is 5.05. The average molecular weight is 296 g/mol. The van der Waals surface area contributed by atoms with Gasteiger partial charge in [-0.25, -0.2) is 0 Å². The Kier molecular flexibility index (Phi) is 5.44. The summed E-state index contributed by atoms with van der Waals surface area (Å²) in [5.74, 6) is 1.64. The number of rotatable bonds is 6. The molecule has 1 unspecified atom stereocenters. The first kappa shape index (κ1) is 15.6. The van der Waals surface area contributed by atoms with Crippen molar-refractivity contribution >= 4 is 11.8 Å². The molecule has 0 radical (unpaired) electrons. The highest BCUT2D eigenvalue weighted by atomic mass is 32.2. The van der Waals surface area contributed by atoms with Crippen molar-refractivity contribution in [3.8, 4) is 6.07 Å². The van der Waals surface area contributed by atoms with Crippen LogP contribution in [0.2, 0.25) is 0 Å². The Morgan fingerprint density at radius 1 is 1.10 bits per heavy atom. The molecule has 0 fully saturated rings. The quantitative estimate of drug-likeness (QED) is 0.879. The van der Waals surface area contributed by atoms with Gasteiger partial charge in [-0.05, 0) is 30.7 Å². The van der Waals surface area contributed by atoms with Gasteiger partial charge in [0.15, 0.2) is 0 Å². The normalized spacial score (nSPS) is 13.4. The lowest BCUT2D eigenvalue weighted by molar-refractivity contribution is 0.528. The summed E-state index contributed by atoms with van der Waals surface area (Å²) in [6.45, 7) is 2.13. The first-order valence-corrected chi connectivity index (χ1v) is 8.15. The third-order valence-electron chi connectivity index (χ3n) is 3.72. The molecule has 21 heavy (non-hydrogen) atoms. The van der Waals surface area contributed by atoms with Crippen LogP contribution in [0.5, 0.6) is 0 Å². The molecule has 2 aromatic rings. The predicted molar refractivity (Wildman–Crippen MR) is 90.1 cm³/mol. The SMILES string of the molecule is CNC(C#N)(CSCc1ccccc1C)c1ccccc1. The molecule has 0 amide bonds. The standard InChI is InChI=1S/C18H20N2S/c1-15-8-6-7-9-16(15)12-21-14-18(13-19,20-2)17-10-4-3-5-11-17/h3-11,20H,12,14H2,1-2H3. The van der Waals surface area contributed by atoms with E-state index in [-0.39, 0.29) is 0 Å². The third-order valence-corrected chi connectivity index (χ3v) is 4.87. The number of aryl methyl sites for hydroxylation is 1. The van der Waals surface area contributed by atoms with E-state index in [9.17, 15) is 5.26 Å². The fourth-order valence-electron chi connectivity index (χ4n) is 2.26. The van der Waals surface area contributed by atoms with E-state index < -0.39 is 5.54 Å². The Labute approximate surface area is 131 Å². The fraction of sp³-hybridized carbons (Fsp3) is 0.278. The van der Waals surface area contributed by atoms with Crippen LogP contribution < -0.4 is 5.32 Å². The molecule has 1 atom stereocenters. The maximum absolute atomic E-state index is 9.66. The minimum atomic E-state index is -0.630. The number of thioether (sulfide) groups is 1. The molecule has 0 bridgehead atoms. The van der Waals surface area contributed by atoms with Crippen molar-refractivity contribution in [1.82, 2.24) is 5.32 Å². The number of nitrogens with zero attached hydrogens (tertiary/aromatic N) is 1. The van der Waals surface area contributed by atoms with Crippen molar-refractivity contribution in [2.75, 3.05) is 12.8 Å². The van der Waals surface area contributed by atoms with Crippen LogP contribution in [0.4, 0.5) is 0 Å². The van der Waals surface area contributed by atoms with Gasteiger partial charge in [-0.15, -0.1) is 0 Å². The number of nitriles is 1. The van der Waals surface area contributed by atoms with Crippen LogP contribution in [0.25, 0.3) is 0 Å². The molecule has 2 aromatic carbocycles. The van der Waals surface area contributed by atoms with Crippen LogP contribution in [0.15, 0.2) is 54.6 Å². The van der Waals surface area contributed by atoms with E-state index in [1.54, 1.807) is 11.8 Å². The summed E-state index contributed by atoms with van der Waals surface area (Å²) in [6.07, 6.45) is 0. The zero-order valence-electron chi connectivity index (χ0n) is 12.5. The lowest BCUT2D eigenvalue weighted by Crippen LogP contribution is -2.41. The minimum Gasteiger partial charge on any atom is -0.298 e. The molecule has 0 saturated heterocycles. The second kappa shape index (κ2) is 7.31. The smallest absolute Gasteiger partial charge is 0.141 e. The van der Waals surface area contributed by atoms with Crippen LogP contribution in [0, 0.1) is 18.3 Å². The molecular formula is C18H20N2S. The molecular weight excluding hydrogens is 276 g/mol. The van der Waals surface area contributed by atoms with Gasteiger partial charge in [0, 0.05) is 11.5 Å². The monoisotopic (exact) mass is 296 g/mol. The van der Waals surface area contributed by atoms with Crippen molar-refractivity contribution in [2.45, 2.75) is 18.2 Å². The van der Waals surface area contributed by atoms with Crippen molar-refractivity contribution in [3.05, 3.63) is 71.3 Å². The molecule has 0 spiro atoms. The molecule has 2 nitrogen and oxygen atoms in total. The van der Waals surface area contributed by atoms with Gasteiger partial charge in [-0.2, -0.15) is 17.0 Å². The van der Waals surface area contributed by atoms with E-state index in [1.807, 2.05) is 37.4 Å². The number of nitrogens with one attached hydrogen (secondary N) is 1. The Balaban J connectivity index is 2.08. The van der Waals surface area contributed by atoms with Gasteiger partial charge >= 0.3 is 0 Å². The maximum Gasteiger partial charge on any atom is 0.141 e. The van der Waals surface area contributed by atoms with Gasteiger partial charge in [0.1, 0.15) is 5.54 Å². The lowest BCUT2D eigenvalue weighted by Gasteiger charge is -2.26. The summed E-state index contributed by atoms with van der Waals surface area (Å²) in [5.41, 5.74) is 3.02. The molecule has 108 valence electrons. The summed E-state index contributed by atoms with van der Waals surface area (Å²) in [5, 5.41) is 12.9. The second-order valence-corrected chi connectivity index (χ2v) is 6.04. The highest BCUT2D eigenvalue weighted by Gasteiger charge is 2.30. The molecule has 3 heteroatoms. The molecule has 0 aliphatic carbocycles. The maximum atomic E-state index is 9.66. The summed E-state index contributed by atoms with van der Waals surface area (Å²) in [6, 6.07) is 20.8. The van der Waals surface area contributed by atoms with E-state index in [0.717, 1.165) is 17.1 Å². The zero-order chi connectivity index (χ0) is 15.1. The number of benzene rings is 2. The van der Waals surface area contributed by atoms with Crippen LogP contribution in [0.3, 0.4) is 0 Å². The van der Waals surface area contributed by atoms with Gasteiger partial charge in [-0.3, -0.25) is 5.32 Å². The summed E-state index contributed by atoms with van der Waals surface area (Å²) in [7, 11) is 1.85. The van der Waals surface area contributed by atoms with Crippen molar-refractivity contribution in [3.63, 3.8) is 0 Å². The first-order valence-electron chi connectivity index (χ1n) is 7.00. The van der Waals surface area contributed by atoms with Crippen LogP contribution >= 0.6 is 11.8 Å².